The number of ether oxygens (including phenoxy) is 1. The van der Waals surface area contributed by atoms with Crippen LogP contribution in [-0.2, 0) is 16.1 Å². The first-order valence-corrected chi connectivity index (χ1v) is 4.58. The van der Waals surface area contributed by atoms with Gasteiger partial charge in [0.15, 0.2) is 5.96 Å². The Morgan fingerprint density at radius 2 is 2.12 bits per heavy atom. The summed E-state index contributed by atoms with van der Waals surface area (Å²) in [6.45, 7) is 0.137. The number of hydrogen-bond acceptors (Lipinski definition) is 3. The van der Waals surface area contributed by atoms with Gasteiger partial charge in [-0.25, -0.2) is 4.79 Å². The van der Waals surface area contributed by atoms with E-state index in [9.17, 15) is 4.79 Å². The molecule has 1 aromatic carbocycles. The molecule has 86 valence electrons. The molecule has 0 aliphatic rings. The number of benzene rings is 1. The van der Waals surface area contributed by atoms with Crippen LogP contribution in [-0.4, -0.2) is 23.3 Å². The van der Waals surface area contributed by atoms with Crippen LogP contribution in [0.1, 0.15) is 5.56 Å². The number of rotatable bonds is 5. The van der Waals surface area contributed by atoms with Crippen molar-refractivity contribution in [1.82, 2.24) is 5.32 Å². The highest BCUT2D eigenvalue weighted by molar-refractivity contribution is 5.81. The molecule has 0 aliphatic carbocycles. The van der Waals surface area contributed by atoms with Crippen LogP contribution in [0.2, 0.25) is 0 Å². The molecule has 1 atom stereocenters. The lowest BCUT2D eigenvalue weighted by Crippen LogP contribution is -2.45. The average Bonchev–Trinajstić information content (AvgIpc) is 2.25. The first kappa shape index (κ1) is 12.0. The summed E-state index contributed by atoms with van der Waals surface area (Å²) in [6, 6.07) is 9.13. The smallest absolute Gasteiger partial charge is 0.354 e. The quantitative estimate of drug-likeness (QED) is 0.321. The zero-order valence-corrected chi connectivity index (χ0v) is 8.51. The van der Waals surface area contributed by atoms with Crippen LogP contribution in [0.25, 0.3) is 0 Å². The maximum atomic E-state index is 10.7. The fourth-order valence-electron chi connectivity index (χ4n) is 1.07. The molecule has 0 amide bonds. The van der Waals surface area contributed by atoms with Gasteiger partial charge in [0.1, 0.15) is 0 Å². The predicted octanol–water partition coefficient (Wildman–Crippen LogP) is 0.0970. The van der Waals surface area contributed by atoms with E-state index in [1.807, 2.05) is 30.3 Å². The molecule has 16 heavy (non-hydrogen) atoms. The highest BCUT2D eigenvalue weighted by Crippen LogP contribution is 2.02. The summed E-state index contributed by atoms with van der Waals surface area (Å²) in [4.78, 5) is 10.7. The Kier molecular flexibility index (Phi) is 4.28. The Labute approximate surface area is 92.5 Å². The standard InChI is InChI=1S/C10H13N3O3/c11-10(12)13-8(9(14)15)16-6-7-4-2-1-3-5-7/h1-5,8H,6H2,(H,14,15)(H4,11,12,13). The van der Waals surface area contributed by atoms with Crippen LogP contribution in [0.5, 0.6) is 0 Å². The number of nitrogens with two attached hydrogens (primary N) is 1. The number of carbonyl (C=O) groups is 1. The first-order valence-electron chi connectivity index (χ1n) is 4.58. The van der Waals surface area contributed by atoms with Crippen molar-refractivity contribution in [2.45, 2.75) is 12.8 Å². The Balaban J connectivity index is 2.50. The van der Waals surface area contributed by atoms with E-state index in [1.54, 1.807) is 0 Å². The molecule has 0 bridgehead atoms. The molecule has 0 spiro atoms. The fraction of sp³-hybridized carbons (Fsp3) is 0.200. The Morgan fingerprint density at radius 3 is 2.62 bits per heavy atom. The number of hydrogen-bond donors (Lipinski definition) is 4. The summed E-state index contributed by atoms with van der Waals surface area (Å²) in [7, 11) is 0. The number of guanidine groups is 1. The third-order valence-electron chi connectivity index (χ3n) is 1.77. The topological polar surface area (TPSA) is 108 Å². The van der Waals surface area contributed by atoms with E-state index in [-0.39, 0.29) is 6.61 Å². The summed E-state index contributed by atoms with van der Waals surface area (Å²) in [5, 5.41) is 17.9. The van der Waals surface area contributed by atoms with Crippen molar-refractivity contribution >= 4 is 11.9 Å². The summed E-state index contributed by atoms with van der Waals surface area (Å²) in [5.41, 5.74) is 5.88. The van der Waals surface area contributed by atoms with Crippen molar-refractivity contribution in [2.75, 3.05) is 0 Å². The third-order valence-corrected chi connectivity index (χ3v) is 1.77. The summed E-state index contributed by atoms with van der Waals surface area (Å²) in [6.07, 6.45) is -1.31. The molecular weight excluding hydrogens is 210 g/mol. The van der Waals surface area contributed by atoms with Gasteiger partial charge in [-0.05, 0) is 5.56 Å². The Hall–Kier alpha value is -2.08. The zero-order valence-electron chi connectivity index (χ0n) is 8.51. The van der Waals surface area contributed by atoms with Gasteiger partial charge in [0.2, 0.25) is 6.23 Å². The molecular formula is C10H13N3O3. The van der Waals surface area contributed by atoms with E-state index in [0.717, 1.165) is 5.56 Å². The Morgan fingerprint density at radius 1 is 1.50 bits per heavy atom. The van der Waals surface area contributed by atoms with E-state index in [1.165, 1.54) is 0 Å². The van der Waals surface area contributed by atoms with Crippen LogP contribution >= 0.6 is 0 Å². The Bertz CT molecular complexity index is 367. The minimum absolute atomic E-state index is 0.137. The molecule has 0 saturated heterocycles. The predicted molar refractivity (Wildman–Crippen MR) is 57.7 cm³/mol. The maximum absolute atomic E-state index is 10.7. The molecule has 0 fully saturated rings. The number of nitrogens with one attached hydrogen (secondary N) is 2. The van der Waals surface area contributed by atoms with Gasteiger partial charge >= 0.3 is 5.97 Å². The van der Waals surface area contributed by atoms with E-state index in [0.29, 0.717) is 0 Å². The number of carboxylic acids is 1. The highest BCUT2D eigenvalue weighted by atomic mass is 16.5. The molecule has 1 aromatic rings. The van der Waals surface area contributed by atoms with Gasteiger partial charge in [-0.1, -0.05) is 30.3 Å². The summed E-state index contributed by atoms with van der Waals surface area (Å²) < 4.78 is 5.07. The second kappa shape index (κ2) is 5.72. The molecule has 0 saturated carbocycles. The second-order valence-corrected chi connectivity index (χ2v) is 3.07. The van der Waals surface area contributed by atoms with Gasteiger partial charge in [0.25, 0.3) is 0 Å². The number of aliphatic carboxylic acids is 1. The van der Waals surface area contributed by atoms with Gasteiger partial charge in [0, 0.05) is 0 Å². The van der Waals surface area contributed by atoms with Gasteiger partial charge in [-0.2, -0.15) is 0 Å². The van der Waals surface area contributed by atoms with Gasteiger partial charge in [-0.3, -0.25) is 5.41 Å². The normalized spacial score (nSPS) is 11.8. The van der Waals surface area contributed by atoms with Crippen molar-refractivity contribution in [1.29, 1.82) is 5.41 Å². The molecule has 0 heterocycles. The average molecular weight is 223 g/mol. The summed E-state index contributed by atoms with van der Waals surface area (Å²) >= 11 is 0. The highest BCUT2D eigenvalue weighted by Gasteiger charge is 2.17. The largest absolute Gasteiger partial charge is 0.478 e. The van der Waals surface area contributed by atoms with Gasteiger partial charge in [0.05, 0.1) is 6.61 Å². The fourth-order valence-corrected chi connectivity index (χ4v) is 1.07. The molecule has 6 nitrogen and oxygen atoms in total. The van der Waals surface area contributed by atoms with E-state index < -0.39 is 18.2 Å². The molecule has 0 aliphatic heterocycles. The van der Waals surface area contributed by atoms with Crippen molar-refractivity contribution in [3.8, 4) is 0 Å². The van der Waals surface area contributed by atoms with Crippen LogP contribution in [0.3, 0.4) is 0 Å². The molecule has 0 radical (unpaired) electrons. The van der Waals surface area contributed by atoms with E-state index >= 15 is 0 Å². The van der Waals surface area contributed by atoms with Crippen LogP contribution < -0.4 is 11.1 Å². The third kappa shape index (κ3) is 3.97. The van der Waals surface area contributed by atoms with Crippen LogP contribution in [0, 0.1) is 5.41 Å². The lowest BCUT2D eigenvalue weighted by Gasteiger charge is -2.14. The van der Waals surface area contributed by atoms with Gasteiger partial charge in [-0.15, -0.1) is 0 Å². The van der Waals surface area contributed by atoms with Crippen molar-refractivity contribution in [2.24, 2.45) is 5.73 Å². The van der Waals surface area contributed by atoms with Crippen molar-refractivity contribution in [3.05, 3.63) is 35.9 Å². The molecule has 6 heteroatoms. The minimum Gasteiger partial charge on any atom is -0.478 e. The van der Waals surface area contributed by atoms with Gasteiger partial charge < -0.3 is 20.9 Å². The monoisotopic (exact) mass is 223 g/mol. The van der Waals surface area contributed by atoms with Crippen LogP contribution in [0.4, 0.5) is 0 Å². The maximum Gasteiger partial charge on any atom is 0.354 e. The van der Waals surface area contributed by atoms with Crippen molar-refractivity contribution < 1.29 is 14.6 Å². The summed E-state index contributed by atoms with van der Waals surface area (Å²) in [5.74, 6) is -1.66. The molecule has 5 N–H and O–H groups in total. The second-order valence-electron chi connectivity index (χ2n) is 3.07. The molecule has 0 aromatic heterocycles. The first-order chi connectivity index (χ1) is 7.59. The van der Waals surface area contributed by atoms with Crippen molar-refractivity contribution in [3.63, 3.8) is 0 Å². The lowest BCUT2D eigenvalue weighted by atomic mass is 10.2. The SMILES string of the molecule is N=C(N)NC(OCc1ccccc1)C(=O)O. The number of carboxylic acid groups (broad SMARTS) is 1. The zero-order chi connectivity index (χ0) is 12.0. The molecule has 1 rings (SSSR count). The van der Waals surface area contributed by atoms with E-state index in [2.05, 4.69) is 5.32 Å². The van der Waals surface area contributed by atoms with Crippen LogP contribution in [0.15, 0.2) is 30.3 Å². The lowest BCUT2D eigenvalue weighted by molar-refractivity contribution is -0.152. The molecule has 1 unspecified atom stereocenters. The minimum atomic E-state index is -1.31. The van der Waals surface area contributed by atoms with E-state index in [4.69, 9.17) is 21.0 Å².